The van der Waals surface area contributed by atoms with Crippen LogP contribution in [0.15, 0.2) is 29.3 Å². The highest BCUT2D eigenvalue weighted by Crippen LogP contribution is 2.41. The standard InChI is InChI=1S/C20H20ClN3O3/c1-12-16(27-19(26)20(2,3)4)15-17(23-12)22-11-24(18(15)25)10-9-13-5-7-14(21)8-6-13/h5-8,11,18,23,25H,1-4H3. The van der Waals surface area contributed by atoms with Crippen LogP contribution in [0.25, 0.3) is 0 Å². The third-order valence-electron chi connectivity index (χ3n) is 3.96. The second-order valence-electron chi connectivity index (χ2n) is 7.25. The third kappa shape index (κ3) is 4.00. The summed E-state index contributed by atoms with van der Waals surface area (Å²) < 4.78 is 5.55. The SMILES string of the molecule is Cc1[nH]c2c(c1OC(=O)C(C)(C)C)C(O)N(C#Cc1ccc(Cl)cc1)C=N2. The van der Waals surface area contributed by atoms with E-state index in [0.29, 0.717) is 22.1 Å². The molecule has 1 aromatic carbocycles. The van der Waals surface area contributed by atoms with Gasteiger partial charge in [-0.05, 0) is 57.9 Å². The van der Waals surface area contributed by atoms with E-state index in [4.69, 9.17) is 16.3 Å². The van der Waals surface area contributed by atoms with E-state index in [2.05, 4.69) is 21.9 Å². The minimum Gasteiger partial charge on any atom is -0.424 e. The number of hydrogen-bond donors (Lipinski definition) is 2. The molecule has 1 atom stereocenters. The molecule has 0 aliphatic carbocycles. The van der Waals surface area contributed by atoms with Crippen molar-refractivity contribution in [2.24, 2.45) is 10.4 Å². The molecule has 140 valence electrons. The Labute approximate surface area is 162 Å². The van der Waals surface area contributed by atoms with Crippen LogP contribution in [-0.2, 0) is 4.79 Å². The zero-order valence-corrected chi connectivity index (χ0v) is 16.3. The fourth-order valence-corrected chi connectivity index (χ4v) is 2.53. The summed E-state index contributed by atoms with van der Waals surface area (Å²) in [6, 6.07) is 9.90. The Morgan fingerprint density at radius 1 is 1.33 bits per heavy atom. The van der Waals surface area contributed by atoms with Gasteiger partial charge < -0.3 is 14.8 Å². The van der Waals surface area contributed by atoms with Gasteiger partial charge in [0, 0.05) is 16.6 Å². The van der Waals surface area contributed by atoms with E-state index in [-0.39, 0.29) is 5.75 Å². The predicted molar refractivity (Wildman–Crippen MR) is 104 cm³/mol. The molecule has 0 radical (unpaired) electrons. The third-order valence-corrected chi connectivity index (χ3v) is 4.21. The van der Waals surface area contributed by atoms with Gasteiger partial charge in [0.1, 0.15) is 12.2 Å². The van der Waals surface area contributed by atoms with Crippen molar-refractivity contribution in [1.82, 2.24) is 9.88 Å². The molecule has 0 fully saturated rings. The average Bonchev–Trinajstić information content (AvgIpc) is 2.91. The molecule has 1 aliphatic rings. The molecule has 0 saturated carbocycles. The Kier molecular flexibility index (Phi) is 5.01. The van der Waals surface area contributed by atoms with Gasteiger partial charge in [0.05, 0.1) is 16.7 Å². The number of rotatable bonds is 1. The van der Waals surface area contributed by atoms with Crippen molar-refractivity contribution in [1.29, 1.82) is 0 Å². The van der Waals surface area contributed by atoms with Crippen LogP contribution in [0.3, 0.4) is 0 Å². The van der Waals surface area contributed by atoms with Crippen LogP contribution in [0.2, 0.25) is 5.02 Å². The summed E-state index contributed by atoms with van der Waals surface area (Å²) in [5.74, 6) is 3.28. The van der Waals surface area contributed by atoms with Crippen molar-refractivity contribution in [3.63, 3.8) is 0 Å². The molecule has 27 heavy (non-hydrogen) atoms. The van der Waals surface area contributed by atoms with Gasteiger partial charge in [0.25, 0.3) is 0 Å². The van der Waals surface area contributed by atoms with E-state index in [1.165, 1.54) is 11.2 Å². The van der Waals surface area contributed by atoms with Gasteiger partial charge in [-0.25, -0.2) is 4.99 Å². The smallest absolute Gasteiger partial charge is 0.316 e. The van der Waals surface area contributed by atoms with Crippen molar-refractivity contribution >= 4 is 29.7 Å². The molecule has 3 rings (SSSR count). The molecule has 7 heteroatoms. The topological polar surface area (TPSA) is 77.9 Å². The lowest BCUT2D eigenvalue weighted by molar-refractivity contribution is -0.143. The number of benzene rings is 1. The number of aliphatic imine (C=N–C) groups is 1. The maximum Gasteiger partial charge on any atom is 0.316 e. The number of nitrogens with one attached hydrogen (secondary N) is 1. The lowest BCUT2D eigenvalue weighted by Gasteiger charge is -2.24. The van der Waals surface area contributed by atoms with Crippen LogP contribution in [-0.4, -0.2) is 27.3 Å². The van der Waals surface area contributed by atoms with Gasteiger partial charge in [-0.2, -0.15) is 0 Å². The minimum absolute atomic E-state index is 0.285. The van der Waals surface area contributed by atoms with Crippen molar-refractivity contribution in [2.75, 3.05) is 0 Å². The maximum absolute atomic E-state index is 12.3. The lowest BCUT2D eigenvalue weighted by atomic mass is 9.97. The maximum atomic E-state index is 12.3. The van der Waals surface area contributed by atoms with Crippen LogP contribution in [0, 0.1) is 24.3 Å². The number of nitrogens with zero attached hydrogens (tertiary/aromatic N) is 2. The summed E-state index contributed by atoms with van der Waals surface area (Å²) in [5.41, 5.74) is 1.07. The molecule has 1 unspecified atom stereocenters. The highest BCUT2D eigenvalue weighted by Gasteiger charge is 2.33. The van der Waals surface area contributed by atoms with Gasteiger partial charge in [-0.1, -0.05) is 11.6 Å². The van der Waals surface area contributed by atoms with E-state index >= 15 is 0 Å². The normalized spacial score (nSPS) is 15.8. The van der Waals surface area contributed by atoms with Gasteiger partial charge >= 0.3 is 5.97 Å². The molecular weight excluding hydrogens is 366 g/mol. The first-order valence-electron chi connectivity index (χ1n) is 8.39. The molecule has 2 aromatic rings. The zero-order valence-electron chi connectivity index (χ0n) is 15.5. The molecule has 6 nitrogen and oxygen atoms in total. The fraction of sp³-hybridized carbons (Fsp3) is 0.300. The average molecular weight is 386 g/mol. The van der Waals surface area contributed by atoms with Crippen LogP contribution >= 0.6 is 11.6 Å². The zero-order chi connectivity index (χ0) is 19.8. The number of carbonyl (C=O) groups excluding carboxylic acids is 1. The molecule has 0 bridgehead atoms. The molecule has 2 heterocycles. The van der Waals surface area contributed by atoms with Crippen molar-refractivity contribution in [3.8, 4) is 17.7 Å². The molecule has 2 N–H and O–H groups in total. The first kappa shape index (κ1) is 19.0. The lowest BCUT2D eigenvalue weighted by Crippen LogP contribution is -2.28. The van der Waals surface area contributed by atoms with Crippen LogP contribution in [0.5, 0.6) is 5.75 Å². The van der Waals surface area contributed by atoms with E-state index < -0.39 is 17.6 Å². The highest BCUT2D eigenvalue weighted by molar-refractivity contribution is 6.30. The van der Waals surface area contributed by atoms with E-state index in [1.54, 1.807) is 52.0 Å². The summed E-state index contributed by atoms with van der Waals surface area (Å²) in [7, 11) is 0. The number of hydrogen-bond acceptors (Lipinski definition) is 5. The number of aromatic nitrogens is 1. The van der Waals surface area contributed by atoms with Gasteiger partial charge in [-0.15, -0.1) is 0 Å². The second kappa shape index (κ2) is 7.10. The molecule has 0 spiro atoms. The fourth-order valence-electron chi connectivity index (χ4n) is 2.40. The number of fused-ring (bicyclic) bond motifs is 1. The first-order chi connectivity index (χ1) is 12.7. The highest BCUT2D eigenvalue weighted by atomic mass is 35.5. The van der Waals surface area contributed by atoms with Crippen LogP contribution < -0.4 is 4.74 Å². The summed E-state index contributed by atoms with van der Waals surface area (Å²) in [6.07, 6.45) is 0.311. The van der Waals surface area contributed by atoms with Gasteiger partial charge in [-0.3, -0.25) is 9.69 Å². The Bertz CT molecular complexity index is 959. The summed E-state index contributed by atoms with van der Waals surface area (Å²) in [5, 5.41) is 11.4. The van der Waals surface area contributed by atoms with E-state index in [1.807, 2.05) is 0 Å². The van der Waals surface area contributed by atoms with Crippen molar-refractivity contribution in [3.05, 3.63) is 46.1 Å². The summed E-state index contributed by atoms with van der Waals surface area (Å²) in [4.78, 5) is 20.9. The summed E-state index contributed by atoms with van der Waals surface area (Å²) >= 11 is 5.87. The van der Waals surface area contributed by atoms with Crippen LogP contribution in [0.4, 0.5) is 5.82 Å². The number of ether oxygens (including phenoxy) is 1. The van der Waals surface area contributed by atoms with E-state index in [9.17, 15) is 9.90 Å². The Morgan fingerprint density at radius 3 is 2.63 bits per heavy atom. The van der Waals surface area contributed by atoms with E-state index in [0.717, 1.165) is 5.56 Å². The molecule has 0 saturated heterocycles. The number of halogens is 1. The molecule has 0 amide bonds. The minimum atomic E-state index is -1.12. The number of aliphatic hydroxyl groups is 1. The molecule has 1 aromatic heterocycles. The predicted octanol–water partition coefficient (Wildman–Crippen LogP) is 3.90. The number of aryl methyl sites for hydroxylation is 1. The first-order valence-corrected chi connectivity index (χ1v) is 8.77. The number of H-pyrrole nitrogens is 1. The number of aromatic amines is 1. The Hall–Kier alpha value is -2.75. The number of aliphatic hydroxyl groups excluding tert-OH is 1. The monoisotopic (exact) mass is 385 g/mol. The largest absolute Gasteiger partial charge is 0.424 e. The van der Waals surface area contributed by atoms with Gasteiger partial charge in [0.15, 0.2) is 12.0 Å². The van der Waals surface area contributed by atoms with Crippen molar-refractivity contribution in [2.45, 2.75) is 33.9 Å². The molecule has 1 aliphatic heterocycles. The van der Waals surface area contributed by atoms with Gasteiger partial charge in [0.2, 0.25) is 0 Å². The summed E-state index contributed by atoms with van der Waals surface area (Å²) in [6.45, 7) is 7.06. The molecular formula is C20H20ClN3O3. The second-order valence-corrected chi connectivity index (χ2v) is 7.69. The Balaban J connectivity index is 1.89. The quantitative estimate of drug-likeness (QED) is 0.576. The van der Waals surface area contributed by atoms with Crippen molar-refractivity contribution < 1.29 is 14.6 Å². The number of carbonyl (C=O) groups is 1. The number of esters is 1. The Morgan fingerprint density at radius 2 is 2.00 bits per heavy atom. The van der Waals surface area contributed by atoms with Crippen LogP contribution in [0.1, 0.15) is 43.8 Å².